The van der Waals surface area contributed by atoms with Crippen molar-refractivity contribution in [2.45, 2.75) is 18.9 Å². The number of rotatable bonds is 8. The lowest BCUT2D eigenvalue weighted by Gasteiger charge is -2.15. The molecule has 4 N–H and O–H groups in total. The Morgan fingerprint density at radius 2 is 1.95 bits per heavy atom. The first-order valence-corrected chi connectivity index (χ1v) is 5.93. The predicted molar refractivity (Wildman–Crippen MR) is 70.0 cm³/mol. The Morgan fingerprint density at radius 3 is 2.53 bits per heavy atom. The second kappa shape index (κ2) is 7.86. The molecule has 6 heteroatoms. The van der Waals surface area contributed by atoms with E-state index in [-0.39, 0.29) is 6.54 Å². The molecule has 0 aliphatic carbocycles. The maximum Gasteiger partial charge on any atom is 0.240 e. The fourth-order valence-electron chi connectivity index (χ4n) is 1.62. The second-order valence-electron chi connectivity index (χ2n) is 4.05. The predicted octanol–water partition coefficient (Wildman–Crippen LogP) is -0.665. The summed E-state index contributed by atoms with van der Waals surface area (Å²) in [6.07, 6.45) is 1.48. The van der Waals surface area contributed by atoms with Crippen molar-refractivity contribution in [3.8, 4) is 0 Å². The highest BCUT2D eigenvalue weighted by molar-refractivity contribution is 5.87. The van der Waals surface area contributed by atoms with Crippen molar-refractivity contribution in [1.29, 1.82) is 0 Å². The molecule has 0 aliphatic rings. The molecule has 0 spiro atoms. The van der Waals surface area contributed by atoms with Crippen LogP contribution in [-0.4, -0.2) is 30.8 Å². The van der Waals surface area contributed by atoms with Gasteiger partial charge in [0.05, 0.1) is 6.54 Å². The molecule has 1 atom stereocenters. The number of nitrogens with two attached hydrogens (primary N) is 1. The largest absolute Gasteiger partial charge is 0.368 e. The number of hydrogen-bond donors (Lipinski definition) is 3. The number of carbonyl (C=O) groups excluding carboxylic acids is 3. The molecular formula is C13H17N3O3. The molecule has 0 aliphatic heterocycles. The number of primary amides is 1. The Bertz CT molecular complexity index is 434. The van der Waals surface area contributed by atoms with Crippen LogP contribution in [0, 0.1) is 0 Å². The van der Waals surface area contributed by atoms with Gasteiger partial charge in [-0.1, -0.05) is 30.3 Å². The van der Waals surface area contributed by atoms with E-state index in [1.54, 1.807) is 0 Å². The van der Waals surface area contributed by atoms with Gasteiger partial charge in [0.1, 0.15) is 6.04 Å². The van der Waals surface area contributed by atoms with E-state index in [0.29, 0.717) is 19.3 Å². The quantitative estimate of drug-likeness (QED) is 0.542. The van der Waals surface area contributed by atoms with E-state index in [9.17, 15) is 14.4 Å². The van der Waals surface area contributed by atoms with Crippen LogP contribution in [0.4, 0.5) is 0 Å². The topological polar surface area (TPSA) is 101 Å². The Hall–Kier alpha value is -2.37. The number of carbonyl (C=O) groups is 3. The zero-order chi connectivity index (χ0) is 14.1. The molecule has 1 aromatic carbocycles. The molecule has 1 rings (SSSR count). The average Bonchev–Trinajstić information content (AvgIpc) is 2.42. The fraction of sp³-hybridized carbons (Fsp3) is 0.308. The van der Waals surface area contributed by atoms with Crippen LogP contribution in [0.3, 0.4) is 0 Å². The van der Waals surface area contributed by atoms with Gasteiger partial charge >= 0.3 is 0 Å². The molecule has 0 saturated carbocycles. The Kier molecular flexibility index (Phi) is 6.08. The summed E-state index contributed by atoms with van der Waals surface area (Å²) in [4.78, 5) is 32.7. The van der Waals surface area contributed by atoms with Gasteiger partial charge in [-0.15, -0.1) is 0 Å². The first-order valence-electron chi connectivity index (χ1n) is 5.93. The van der Waals surface area contributed by atoms with Gasteiger partial charge in [-0.25, -0.2) is 0 Å². The van der Waals surface area contributed by atoms with E-state index in [1.807, 2.05) is 30.3 Å². The number of nitrogens with one attached hydrogen (secondary N) is 2. The molecule has 0 aromatic heterocycles. The average molecular weight is 263 g/mol. The van der Waals surface area contributed by atoms with Crippen LogP contribution < -0.4 is 16.4 Å². The minimum Gasteiger partial charge on any atom is -0.368 e. The van der Waals surface area contributed by atoms with Gasteiger partial charge in [-0.05, 0) is 18.4 Å². The summed E-state index contributed by atoms with van der Waals surface area (Å²) in [5, 5.41) is 4.71. The van der Waals surface area contributed by atoms with E-state index in [1.165, 1.54) is 0 Å². The van der Waals surface area contributed by atoms with Crippen LogP contribution in [0.15, 0.2) is 30.3 Å². The van der Waals surface area contributed by atoms with Crippen LogP contribution in [0.5, 0.6) is 0 Å². The summed E-state index contributed by atoms with van der Waals surface area (Å²) < 4.78 is 0. The molecule has 1 unspecified atom stereocenters. The van der Waals surface area contributed by atoms with Crippen LogP contribution in [0.25, 0.3) is 0 Å². The van der Waals surface area contributed by atoms with Crippen molar-refractivity contribution in [3.05, 3.63) is 35.9 Å². The van der Waals surface area contributed by atoms with Crippen molar-refractivity contribution in [2.24, 2.45) is 5.73 Å². The summed E-state index contributed by atoms with van der Waals surface area (Å²) in [6.45, 7) is -0.168. The molecule has 0 saturated heterocycles. The third-order valence-electron chi connectivity index (χ3n) is 2.59. The monoisotopic (exact) mass is 263 g/mol. The van der Waals surface area contributed by atoms with Crippen LogP contribution >= 0.6 is 0 Å². The standard InChI is InChI=1S/C13H17N3O3/c14-13(19)11(16-12(18)8-15-9-17)7-6-10-4-2-1-3-5-10/h1-5,9,11H,6-8H2,(H2,14,19)(H,15,17)(H,16,18). The minimum atomic E-state index is -0.735. The zero-order valence-corrected chi connectivity index (χ0v) is 10.5. The van der Waals surface area contributed by atoms with Gasteiger partial charge in [0.25, 0.3) is 0 Å². The first-order chi connectivity index (χ1) is 9.13. The highest BCUT2D eigenvalue weighted by Gasteiger charge is 2.17. The van der Waals surface area contributed by atoms with Gasteiger partial charge < -0.3 is 16.4 Å². The van der Waals surface area contributed by atoms with Gasteiger partial charge in [-0.3, -0.25) is 14.4 Å². The zero-order valence-electron chi connectivity index (χ0n) is 10.5. The third-order valence-corrected chi connectivity index (χ3v) is 2.59. The molecule has 1 aromatic rings. The molecule has 0 fully saturated rings. The van der Waals surface area contributed by atoms with E-state index in [4.69, 9.17) is 5.73 Å². The summed E-state index contributed by atoms with van der Waals surface area (Å²) in [6, 6.07) is 8.85. The van der Waals surface area contributed by atoms with Crippen LogP contribution in [0.1, 0.15) is 12.0 Å². The maximum atomic E-state index is 11.4. The van der Waals surface area contributed by atoms with Crippen LogP contribution in [0.2, 0.25) is 0 Å². The van der Waals surface area contributed by atoms with Crippen molar-refractivity contribution in [1.82, 2.24) is 10.6 Å². The van der Waals surface area contributed by atoms with Crippen molar-refractivity contribution < 1.29 is 14.4 Å². The summed E-state index contributed by atoms with van der Waals surface area (Å²) >= 11 is 0. The van der Waals surface area contributed by atoms with Crippen molar-refractivity contribution in [3.63, 3.8) is 0 Å². The Balaban J connectivity index is 2.47. The normalized spacial score (nSPS) is 11.4. The maximum absolute atomic E-state index is 11.4. The summed E-state index contributed by atoms with van der Waals surface area (Å²) in [5.74, 6) is -1.03. The van der Waals surface area contributed by atoms with Crippen molar-refractivity contribution in [2.75, 3.05) is 6.54 Å². The lowest BCUT2D eigenvalue weighted by molar-refractivity contribution is -0.127. The van der Waals surface area contributed by atoms with Crippen molar-refractivity contribution >= 4 is 18.2 Å². The Labute approximate surface area is 111 Å². The van der Waals surface area contributed by atoms with E-state index in [0.717, 1.165) is 5.56 Å². The SMILES string of the molecule is NC(=O)C(CCc1ccccc1)NC(=O)CNC=O. The second-order valence-corrected chi connectivity index (χ2v) is 4.05. The lowest BCUT2D eigenvalue weighted by atomic mass is 10.0. The highest BCUT2D eigenvalue weighted by atomic mass is 16.2. The number of aryl methyl sites for hydroxylation is 1. The number of hydrogen-bond acceptors (Lipinski definition) is 3. The number of benzene rings is 1. The van der Waals surface area contributed by atoms with Gasteiger partial charge in [0.15, 0.2) is 0 Å². The van der Waals surface area contributed by atoms with E-state index >= 15 is 0 Å². The first kappa shape index (κ1) is 14.7. The van der Waals surface area contributed by atoms with Gasteiger partial charge in [0.2, 0.25) is 18.2 Å². The molecule has 3 amide bonds. The summed E-state index contributed by atoms with van der Waals surface area (Å²) in [7, 11) is 0. The molecule has 0 heterocycles. The third kappa shape index (κ3) is 5.67. The molecular weight excluding hydrogens is 246 g/mol. The van der Waals surface area contributed by atoms with E-state index < -0.39 is 17.9 Å². The lowest BCUT2D eigenvalue weighted by Crippen LogP contribution is -2.47. The molecule has 0 bridgehead atoms. The minimum absolute atomic E-state index is 0.168. The molecule has 102 valence electrons. The molecule has 19 heavy (non-hydrogen) atoms. The van der Waals surface area contributed by atoms with Gasteiger partial charge in [-0.2, -0.15) is 0 Å². The summed E-state index contributed by atoms with van der Waals surface area (Å²) in [5.41, 5.74) is 6.30. The molecule has 6 nitrogen and oxygen atoms in total. The van der Waals surface area contributed by atoms with Crippen LogP contribution in [-0.2, 0) is 20.8 Å². The highest BCUT2D eigenvalue weighted by Crippen LogP contribution is 2.04. The number of amides is 3. The Morgan fingerprint density at radius 1 is 1.26 bits per heavy atom. The fourth-order valence-corrected chi connectivity index (χ4v) is 1.62. The van der Waals surface area contributed by atoms with Gasteiger partial charge in [0, 0.05) is 0 Å². The van der Waals surface area contributed by atoms with E-state index in [2.05, 4.69) is 10.6 Å². The molecule has 0 radical (unpaired) electrons. The smallest absolute Gasteiger partial charge is 0.240 e.